The van der Waals surface area contributed by atoms with Gasteiger partial charge in [-0.25, -0.2) is 0 Å². The number of amides is 1. The molecule has 0 saturated carbocycles. The minimum absolute atomic E-state index is 0.167. The van der Waals surface area contributed by atoms with Crippen LogP contribution in [-0.2, 0) is 7.05 Å². The first-order valence-electron chi connectivity index (χ1n) is 12.0. The van der Waals surface area contributed by atoms with Crippen LogP contribution in [0.1, 0.15) is 126 Å². The molecule has 5 heteroatoms. The summed E-state index contributed by atoms with van der Waals surface area (Å²) in [4.78, 5) is 12.1. The SMILES string of the molecule is CCCCCCCCCCCCCCCCCCNC(=O)c1nn(C)c(C)c1Cl. The third-order valence-corrected chi connectivity index (χ3v) is 6.24. The molecule has 0 aliphatic rings. The van der Waals surface area contributed by atoms with Gasteiger partial charge in [0.05, 0.1) is 10.7 Å². The van der Waals surface area contributed by atoms with Gasteiger partial charge in [0.25, 0.3) is 5.91 Å². The van der Waals surface area contributed by atoms with Crippen LogP contribution in [0.25, 0.3) is 0 Å². The molecule has 0 aliphatic heterocycles. The summed E-state index contributed by atoms with van der Waals surface area (Å²) in [7, 11) is 1.80. The Labute approximate surface area is 184 Å². The van der Waals surface area contributed by atoms with Crippen LogP contribution >= 0.6 is 11.6 Å². The zero-order chi connectivity index (χ0) is 21.3. The van der Waals surface area contributed by atoms with Crippen LogP contribution in [0, 0.1) is 6.92 Å². The highest BCUT2D eigenvalue weighted by atomic mass is 35.5. The van der Waals surface area contributed by atoms with Gasteiger partial charge in [-0.15, -0.1) is 0 Å². The second-order valence-corrected chi connectivity index (χ2v) is 8.81. The quantitative estimate of drug-likeness (QED) is 0.249. The highest BCUT2D eigenvalue weighted by molar-refractivity contribution is 6.34. The molecular weight excluding hydrogens is 382 g/mol. The van der Waals surface area contributed by atoms with E-state index >= 15 is 0 Å². The predicted octanol–water partition coefficient (Wildman–Crippen LogP) is 7.37. The maximum Gasteiger partial charge on any atom is 0.273 e. The fourth-order valence-corrected chi connectivity index (χ4v) is 3.93. The number of nitrogens with one attached hydrogen (secondary N) is 1. The molecule has 0 spiro atoms. The number of unbranched alkanes of at least 4 members (excludes halogenated alkanes) is 15. The number of aromatic nitrogens is 2. The number of carbonyl (C=O) groups excluding carboxylic acids is 1. The van der Waals surface area contributed by atoms with Gasteiger partial charge in [-0.05, 0) is 13.3 Å². The van der Waals surface area contributed by atoms with E-state index in [4.69, 9.17) is 11.6 Å². The summed E-state index contributed by atoms with van der Waals surface area (Å²) in [5.74, 6) is -0.167. The summed E-state index contributed by atoms with van der Waals surface area (Å²) in [6.07, 6.45) is 21.7. The zero-order valence-corrected chi connectivity index (χ0v) is 20.0. The van der Waals surface area contributed by atoms with Gasteiger partial charge in [0, 0.05) is 13.6 Å². The number of aryl methyl sites for hydroxylation is 1. The molecular formula is C24H44ClN3O. The average molecular weight is 426 g/mol. The first kappa shape index (κ1) is 26.0. The van der Waals surface area contributed by atoms with Gasteiger partial charge in [0.15, 0.2) is 5.69 Å². The summed E-state index contributed by atoms with van der Waals surface area (Å²) in [5, 5.41) is 7.56. The van der Waals surface area contributed by atoms with Crippen LogP contribution in [0.15, 0.2) is 0 Å². The zero-order valence-electron chi connectivity index (χ0n) is 19.2. The number of nitrogens with zero attached hydrogens (tertiary/aromatic N) is 2. The van der Waals surface area contributed by atoms with E-state index in [9.17, 15) is 4.79 Å². The van der Waals surface area contributed by atoms with E-state index < -0.39 is 0 Å². The molecule has 1 amide bonds. The predicted molar refractivity (Wildman–Crippen MR) is 125 cm³/mol. The first-order chi connectivity index (χ1) is 14.1. The number of carbonyl (C=O) groups is 1. The number of hydrogen-bond acceptors (Lipinski definition) is 2. The molecule has 1 aromatic rings. The van der Waals surface area contributed by atoms with Gasteiger partial charge in [-0.2, -0.15) is 5.10 Å². The molecule has 0 unspecified atom stereocenters. The van der Waals surface area contributed by atoms with E-state index in [-0.39, 0.29) is 5.91 Å². The lowest BCUT2D eigenvalue weighted by atomic mass is 10.0. The van der Waals surface area contributed by atoms with Crippen molar-refractivity contribution < 1.29 is 4.79 Å². The number of hydrogen-bond donors (Lipinski definition) is 1. The number of rotatable bonds is 18. The summed E-state index contributed by atoms with van der Waals surface area (Å²) in [5.41, 5.74) is 1.15. The van der Waals surface area contributed by atoms with E-state index in [1.54, 1.807) is 11.7 Å². The molecule has 0 aliphatic carbocycles. The number of halogens is 1. The Balaban J connectivity index is 1.84. The van der Waals surface area contributed by atoms with Crippen LogP contribution in [0.4, 0.5) is 0 Å². The lowest BCUT2D eigenvalue weighted by molar-refractivity contribution is 0.0947. The molecule has 29 heavy (non-hydrogen) atoms. The van der Waals surface area contributed by atoms with Crippen molar-refractivity contribution in [3.8, 4) is 0 Å². The monoisotopic (exact) mass is 425 g/mol. The van der Waals surface area contributed by atoms with Crippen molar-refractivity contribution in [2.45, 2.75) is 117 Å². The second kappa shape index (κ2) is 16.7. The van der Waals surface area contributed by atoms with Crippen molar-refractivity contribution in [1.82, 2.24) is 15.1 Å². The van der Waals surface area contributed by atoms with E-state index in [0.717, 1.165) is 12.1 Å². The van der Waals surface area contributed by atoms with Crippen molar-refractivity contribution in [3.63, 3.8) is 0 Å². The third kappa shape index (κ3) is 11.7. The van der Waals surface area contributed by atoms with Crippen LogP contribution in [-0.4, -0.2) is 22.2 Å². The minimum atomic E-state index is -0.167. The van der Waals surface area contributed by atoms with Crippen molar-refractivity contribution in [3.05, 3.63) is 16.4 Å². The lowest BCUT2D eigenvalue weighted by Crippen LogP contribution is -2.25. The molecule has 1 heterocycles. The Morgan fingerprint density at radius 3 is 1.62 bits per heavy atom. The third-order valence-electron chi connectivity index (χ3n) is 5.79. The maximum absolute atomic E-state index is 12.1. The summed E-state index contributed by atoms with van der Waals surface area (Å²) in [6, 6.07) is 0. The first-order valence-corrected chi connectivity index (χ1v) is 12.4. The largest absolute Gasteiger partial charge is 0.351 e. The van der Waals surface area contributed by atoms with Gasteiger partial charge < -0.3 is 5.32 Å². The molecule has 0 atom stereocenters. The van der Waals surface area contributed by atoms with Crippen molar-refractivity contribution in [2.75, 3.05) is 6.54 Å². The molecule has 1 rings (SSSR count). The molecule has 4 nitrogen and oxygen atoms in total. The van der Waals surface area contributed by atoms with E-state index in [0.29, 0.717) is 17.3 Å². The van der Waals surface area contributed by atoms with Gasteiger partial charge in [0.2, 0.25) is 0 Å². The second-order valence-electron chi connectivity index (χ2n) is 8.43. The van der Waals surface area contributed by atoms with E-state index in [1.807, 2.05) is 6.92 Å². The molecule has 0 bridgehead atoms. The van der Waals surface area contributed by atoms with Crippen molar-refractivity contribution in [1.29, 1.82) is 0 Å². The Morgan fingerprint density at radius 1 is 0.828 bits per heavy atom. The van der Waals surface area contributed by atoms with Gasteiger partial charge in [-0.1, -0.05) is 115 Å². The molecule has 1 N–H and O–H groups in total. The maximum atomic E-state index is 12.1. The van der Waals surface area contributed by atoms with E-state index in [2.05, 4.69) is 17.3 Å². The average Bonchev–Trinajstić information content (AvgIpc) is 2.97. The Hall–Kier alpha value is -1.03. The highest BCUT2D eigenvalue weighted by Gasteiger charge is 2.17. The van der Waals surface area contributed by atoms with E-state index in [1.165, 1.54) is 96.3 Å². The Bertz CT molecular complexity index is 557. The smallest absolute Gasteiger partial charge is 0.273 e. The summed E-state index contributed by atoms with van der Waals surface area (Å²) < 4.78 is 1.64. The normalized spacial score (nSPS) is 11.2. The molecule has 1 aromatic heterocycles. The topological polar surface area (TPSA) is 46.9 Å². The molecule has 0 saturated heterocycles. The fourth-order valence-electron chi connectivity index (χ4n) is 3.69. The lowest BCUT2D eigenvalue weighted by Gasteiger charge is -2.05. The Morgan fingerprint density at radius 2 is 1.24 bits per heavy atom. The van der Waals surface area contributed by atoms with Crippen LogP contribution in [0.5, 0.6) is 0 Å². The van der Waals surface area contributed by atoms with Gasteiger partial charge >= 0.3 is 0 Å². The minimum Gasteiger partial charge on any atom is -0.351 e. The highest BCUT2D eigenvalue weighted by Crippen LogP contribution is 2.19. The standard InChI is InChI=1S/C24H44ClN3O/c1-4-5-6-7-8-9-10-11-12-13-14-15-16-17-18-19-20-26-24(29)23-22(25)21(2)28(3)27-23/h4-20H2,1-3H3,(H,26,29). The van der Waals surface area contributed by atoms with Gasteiger partial charge in [-0.3, -0.25) is 9.48 Å². The molecule has 0 fully saturated rings. The Kier molecular flexibility index (Phi) is 15.0. The van der Waals surface area contributed by atoms with Crippen LogP contribution in [0.2, 0.25) is 5.02 Å². The van der Waals surface area contributed by atoms with Gasteiger partial charge in [0.1, 0.15) is 0 Å². The molecule has 0 aromatic carbocycles. The van der Waals surface area contributed by atoms with Crippen molar-refractivity contribution in [2.24, 2.45) is 7.05 Å². The van der Waals surface area contributed by atoms with Crippen LogP contribution in [0.3, 0.4) is 0 Å². The molecule has 0 radical (unpaired) electrons. The van der Waals surface area contributed by atoms with Crippen molar-refractivity contribution >= 4 is 17.5 Å². The summed E-state index contributed by atoms with van der Waals surface area (Å²) in [6.45, 7) is 4.84. The fraction of sp³-hybridized carbons (Fsp3) is 0.833. The summed E-state index contributed by atoms with van der Waals surface area (Å²) >= 11 is 6.15. The van der Waals surface area contributed by atoms with Crippen LogP contribution < -0.4 is 5.32 Å². The molecule has 168 valence electrons.